The van der Waals surface area contributed by atoms with Crippen LogP contribution in [-0.2, 0) is 14.3 Å². The molecule has 0 saturated heterocycles. The van der Waals surface area contributed by atoms with E-state index < -0.39 is 42.6 Å². The van der Waals surface area contributed by atoms with Crippen LogP contribution in [-0.4, -0.2) is 45.7 Å². The fourth-order valence-corrected chi connectivity index (χ4v) is 3.10. The second-order valence-electron chi connectivity index (χ2n) is 8.20. The molecule has 2 amide bonds. The fraction of sp³-hybridized carbons (Fsp3) is 0.348. The van der Waals surface area contributed by atoms with Crippen molar-refractivity contribution in [1.82, 2.24) is 20.1 Å². The lowest BCUT2D eigenvalue weighted by Gasteiger charge is -2.12. The Labute approximate surface area is 194 Å². The summed E-state index contributed by atoms with van der Waals surface area (Å²) in [5, 5.41) is 9.43. The lowest BCUT2D eigenvalue weighted by Crippen LogP contribution is -2.35. The van der Waals surface area contributed by atoms with E-state index in [4.69, 9.17) is 4.74 Å². The number of benzene rings is 1. The zero-order valence-corrected chi connectivity index (χ0v) is 19.2. The van der Waals surface area contributed by atoms with Gasteiger partial charge in [0.2, 0.25) is 5.91 Å². The number of nitrogens with zero attached hydrogens (tertiary/aromatic N) is 3. The highest BCUT2D eigenvalue weighted by Crippen LogP contribution is 2.25. The second-order valence-corrected chi connectivity index (χ2v) is 8.20. The number of carbonyl (C=O) groups is 3. The van der Waals surface area contributed by atoms with Gasteiger partial charge in [0.1, 0.15) is 0 Å². The van der Waals surface area contributed by atoms with Crippen LogP contribution in [0.2, 0.25) is 0 Å². The van der Waals surface area contributed by atoms with Gasteiger partial charge >= 0.3 is 5.97 Å². The van der Waals surface area contributed by atoms with Gasteiger partial charge in [-0.05, 0) is 38.0 Å². The molecule has 0 aliphatic heterocycles. The number of amides is 2. The van der Waals surface area contributed by atoms with E-state index in [1.165, 1.54) is 12.3 Å². The lowest BCUT2D eigenvalue weighted by atomic mass is 10.1. The average molecular weight is 473 g/mol. The van der Waals surface area contributed by atoms with Crippen LogP contribution in [0, 0.1) is 11.6 Å². The first-order valence-electron chi connectivity index (χ1n) is 10.6. The van der Waals surface area contributed by atoms with E-state index in [9.17, 15) is 23.2 Å². The average Bonchev–Trinajstić information content (AvgIpc) is 3.22. The van der Waals surface area contributed by atoms with E-state index in [1.807, 2.05) is 27.7 Å². The predicted octanol–water partition coefficient (Wildman–Crippen LogP) is 3.33. The summed E-state index contributed by atoms with van der Waals surface area (Å²) in [6, 6.07) is 4.52. The summed E-state index contributed by atoms with van der Waals surface area (Å²) in [6.07, 6.45) is 1.53. The number of aromatic nitrogens is 3. The Hall–Kier alpha value is -3.89. The Morgan fingerprint density at radius 1 is 1.06 bits per heavy atom. The molecule has 2 aromatic heterocycles. The SMILES string of the molecule is CC(C)c1cc(C(=O)OCC(=O)NCC(=O)Nc2ccc(F)c(F)c2)c2cnn(C(C)C)c2n1. The number of pyridine rings is 1. The van der Waals surface area contributed by atoms with Crippen LogP contribution >= 0.6 is 0 Å². The van der Waals surface area contributed by atoms with Gasteiger partial charge in [-0.2, -0.15) is 5.10 Å². The molecule has 0 spiro atoms. The number of carbonyl (C=O) groups excluding carboxylic acids is 3. The van der Waals surface area contributed by atoms with Crippen LogP contribution < -0.4 is 10.6 Å². The van der Waals surface area contributed by atoms with E-state index in [-0.39, 0.29) is 23.2 Å². The maximum absolute atomic E-state index is 13.2. The number of halogens is 2. The quantitative estimate of drug-likeness (QED) is 0.485. The zero-order chi connectivity index (χ0) is 25.0. The lowest BCUT2D eigenvalue weighted by molar-refractivity contribution is -0.126. The molecule has 1 aromatic carbocycles. The first-order valence-corrected chi connectivity index (χ1v) is 10.6. The van der Waals surface area contributed by atoms with Crippen molar-refractivity contribution in [1.29, 1.82) is 0 Å². The summed E-state index contributed by atoms with van der Waals surface area (Å²) >= 11 is 0. The molecule has 3 aromatic rings. The van der Waals surface area contributed by atoms with Crippen molar-refractivity contribution in [3.05, 3.63) is 53.4 Å². The van der Waals surface area contributed by atoms with Crippen molar-refractivity contribution in [3.8, 4) is 0 Å². The summed E-state index contributed by atoms with van der Waals surface area (Å²) in [5.41, 5.74) is 1.50. The summed E-state index contributed by atoms with van der Waals surface area (Å²) < 4.78 is 33.0. The van der Waals surface area contributed by atoms with E-state index in [1.54, 1.807) is 10.7 Å². The first-order chi connectivity index (χ1) is 16.1. The van der Waals surface area contributed by atoms with Gasteiger partial charge in [-0.1, -0.05) is 13.8 Å². The standard InChI is InChI=1S/C23H25F2N5O4/c1-12(2)19-8-15(16-9-27-30(13(3)4)22(16)29-19)23(33)34-11-21(32)26-10-20(31)28-14-5-6-17(24)18(25)7-14/h5-9,12-13H,10-11H2,1-4H3,(H,26,32)(H,28,31). The molecule has 0 unspecified atom stereocenters. The van der Waals surface area contributed by atoms with Crippen LogP contribution in [0.5, 0.6) is 0 Å². The predicted molar refractivity (Wildman–Crippen MR) is 120 cm³/mol. The maximum Gasteiger partial charge on any atom is 0.339 e. The van der Waals surface area contributed by atoms with Gasteiger partial charge in [0.15, 0.2) is 23.9 Å². The molecule has 0 aliphatic carbocycles. The molecule has 0 aliphatic rings. The summed E-state index contributed by atoms with van der Waals surface area (Å²) in [4.78, 5) is 41.3. The highest BCUT2D eigenvalue weighted by Gasteiger charge is 2.21. The van der Waals surface area contributed by atoms with Crippen molar-refractivity contribution < 1.29 is 27.9 Å². The third kappa shape index (κ3) is 5.72. The summed E-state index contributed by atoms with van der Waals surface area (Å²) in [5.74, 6) is -4.21. The van der Waals surface area contributed by atoms with Crippen molar-refractivity contribution in [3.63, 3.8) is 0 Å². The molecular formula is C23H25F2N5O4. The Morgan fingerprint density at radius 2 is 1.79 bits per heavy atom. The van der Waals surface area contributed by atoms with E-state index in [0.29, 0.717) is 16.7 Å². The number of anilines is 1. The van der Waals surface area contributed by atoms with Gasteiger partial charge in [-0.15, -0.1) is 0 Å². The smallest absolute Gasteiger partial charge is 0.339 e. The summed E-state index contributed by atoms with van der Waals surface area (Å²) in [6.45, 7) is 6.71. The number of rotatable bonds is 8. The maximum atomic E-state index is 13.2. The van der Waals surface area contributed by atoms with Crippen LogP contribution in [0.1, 0.15) is 55.7 Å². The molecule has 0 fully saturated rings. The third-order valence-electron chi connectivity index (χ3n) is 4.87. The van der Waals surface area contributed by atoms with E-state index in [2.05, 4.69) is 20.7 Å². The van der Waals surface area contributed by atoms with Gasteiger partial charge in [-0.25, -0.2) is 23.2 Å². The Morgan fingerprint density at radius 3 is 2.44 bits per heavy atom. The monoisotopic (exact) mass is 473 g/mol. The Balaban J connectivity index is 1.61. The number of hydrogen-bond acceptors (Lipinski definition) is 6. The van der Waals surface area contributed by atoms with Crippen molar-refractivity contribution in [2.75, 3.05) is 18.5 Å². The Kier molecular flexibility index (Phi) is 7.54. The normalized spacial score (nSPS) is 11.2. The zero-order valence-electron chi connectivity index (χ0n) is 19.2. The molecule has 0 saturated carbocycles. The molecule has 0 atom stereocenters. The number of hydrogen-bond donors (Lipinski definition) is 2. The second kappa shape index (κ2) is 10.4. The molecule has 0 radical (unpaired) electrons. The topological polar surface area (TPSA) is 115 Å². The highest BCUT2D eigenvalue weighted by molar-refractivity contribution is 6.03. The van der Waals surface area contributed by atoms with Crippen molar-refractivity contribution in [2.24, 2.45) is 0 Å². The number of ether oxygens (including phenoxy) is 1. The Bertz CT molecular complexity index is 1240. The third-order valence-corrected chi connectivity index (χ3v) is 4.87. The number of nitrogens with one attached hydrogen (secondary N) is 2. The van der Waals surface area contributed by atoms with Gasteiger partial charge in [0, 0.05) is 23.5 Å². The van der Waals surface area contributed by atoms with Crippen LogP contribution in [0.15, 0.2) is 30.5 Å². The number of fused-ring (bicyclic) bond motifs is 1. The van der Waals surface area contributed by atoms with Crippen molar-refractivity contribution in [2.45, 2.75) is 39.7 Å². The van der Waals surface area contributed by atoms with E-state index in [0.717, 1.165) is 12.1 Å². The van der Waals surface area contributed by atoms with Gasteiger partial charge in [-0.3, -0.25) is 9.59 Å². The van der Waals surface area contributed by atoms with Crippen LogP contribution in [0.25, 0.3) is 11.0 Å². The van der Waals surface area contributed by atoms with Crippen LogP contribution in [0.4, 0.5) is 14.5 Å². The largest absolute Gasteiger partial charge is 0.452 e. The molecule has 11 heteroatoms. The molecule has 34 heavy (non-hydrogen) atoms. The molecule has 0 bridgehead atoms. The van der Waals surface area contributed by atoms with Gasteiger partial charge < -0.3 is 15.4 Å². The highest BCUT2D eigenvalue weighted by atomic mass is 19.2. The van der Waals surface area contributed by atoms with E-state index >= 15 is 0 Å². The first kappa shape index (κ1) is 24.7. The minimum Gasteiger partial charge on any atom is -0.452 e. The molecule has 2 heterocycles. The minimum absolute atomic E-state index is 0.0274. The minimum atomic E-state index is -1.11. The van der Waals surface area contributed by atoms with Gasteiger partial charge in [0.25, 0.3) is 5.91 Å². The molecular weight excluding hydrogens is 448 g/mol. The van der Waals surface area contributed by atoms with Crippen molar-refractivity contribution >= 4 is 34.5 Å². The molecule has 2 N–H and O–H groups in total. The summed E-state index contributed by atoms with van der Waals surface area (Å²) in [7, 11) is 0. The molecule has 180 valence electrons. The van der Waals surface area contributed by atoms with Gasteiger partial charge in [0.05, 0.1) is 23.7 Å². The van der Waals surface area contributed by atoms with Crippen LogP contribution in [0.3, 0.4) is 0 Å². The number of esters is 1. The fourth-order valence-electron chi connectivity index (χ4n) is 3.10. The molecule has 9 nitrogen and oxygen atoms in total. The molecule has 3 rings (SSSR count).